The van der Waals surface area contributed by atoms with Crippen LogP contribution in [0.15, 0.2) is 56.4 Å². The Morgan fingerprint density at radius 3 is 1.00 bits per heavy atom. The van der Waals surface area contributed by atoms with Crippen LogP contribution in [0, 0.1) is 20.8 Å². The standard InChI is InChI=1S/C24H28N4O2.C9H8O3.C3H10N2.CH4O.Cl2.4ClH.4Fe/c1-17-9-19-13-25-5-3-7-27-15-21-11-18(2)12-22(24(21)30)16-28-8-4-6-26-14-20(10-17)23(19)29;1-6-2-7(4-10)9(12)8(3-6)5-11;4-2-1-3-5;2*1-2;;;;;;;;/h9-16,29-30H,3-8H2,1-2H3;2-5,12H,1H3;1-5H2;2H,1H3;;4*1H;;;;/q;;;;;;;;;;;2*+2/p-4. The van der Waals surface area contributed by atoms with E-state index in [1.807, 2.05) is 38.1 Å². The number of carbonyl (C=O) groups is 2. The number of aldehydes is 2. The number of aliphatic hydroxyl groups is 1. The summed E-state index contributed by atoms with van der Waals surface area (Å²) in [5.41, 5.74) is 16.0. The van der Waals surface area contributed by atoms with Crippen LogP contribution in [-0.2, 0) is 60.4 Å². The summed E-state index contributed by atoms with van der Waals surface area (Å²) in [6.07, 6.45) is 10.3. The maximum absolute atomic E-state index is 10.5. The van der Waals surface area contributed by atoms with E-state index in [2.05, 4.69) is 41.7 Å². The Balaban J connectivity index is -0.000000277. The molecule has 0 saturated carbocycles. The van der Waals surface area contributed by atoms with Crippen molar-refractivity contribution < 1.29 is 90.4 Å². The number of aromatic hydroxyl groups is 3. The fraction of sp³-hybridized carbons (Fsp3) is 0.351. The van der Waals surface area contributed by atoms with Crippen LogP contribution >= 0.6 is 62.1 Å². The number of hydrogen-bond donors (Lipinski definition) is 6. The van der Waals surface area contributed by atoms with Crippen molar-refractivity contribution in [3.63, 3.8) is 0 Å². The van der Waals surface area contributed by atoms with E-state index < -0.39 is 0 Å². The van der Waals surface area contributed by atoms with Crippen molar-refractivity contribution in [2.24, 2.45) is 31.4 Å². The second kappa shape index (κ2) is 46.3. The van der Waals surface area contributed by atoms with Gasteiger partial charge in [0.1, 0.15) is 17.2 Å². The summed E-state index contributed by atoms with van der Waals surface area (Å²) in [6.45, 7) is 9.57. The monoisotopic (exact) mass is 1110 g/mol. The maximum atomic E-state index is 10.5. The first-order chi connectivity index (χ1) is 27.5. The summed E-state index contributed by atoms with van der Waals surface area (Å²) < 4.78 is 0. The molecule has 1 aliphatic heterocycles. The molecule has 8 N–H and O–H groups in total. The molecule has 59 heavy (non-hydrogen) atoms. The largest absolute Gasteiger partial charge is 0 e. The van der Waals surface area contributed by atoms with Gasteiger partial charge in [0.05, 0.1) is 11.1 Å². The first-order valence-electron chi connectivity index (χ1n) is 16.6. The summed E-state index contributed by atoms with van der Waals surface area (Å²) in [5.74, 6) is 0.149. The number of phenols is 3. The molecule has 0 aliphatic carbocycles. The molecule has 0 fully saturated rings. The number of nitrogens with two attached hydrogens (primary N) is 2. The van der Waals surface area contributed by atoms with E-state index in [0.717, 1.165) is 56.2 Å². The van der Waals surface area contributed by atoms with Gasteiger partial charge in [-0.3, -0.25) is 29.6 Å². The Bertz CT molecular complexity index is 1500. The minimum atomic E-state index is -0.245. The van der Waals surface area contributed by atoms with Gasteiger partial charge in [-0.1, -0.05) is 0 Å². The van der Waals surface area contributed by atoms with Crippen LogP contribution in [0.2, 0.25) is 0 Å². The molecule has 338 valence electrons. The maximum Gasteiger partial charge on any atom is 0 e. The Kier molecular flexibility index (Phi) is 52.5. The molecule has 22 heteroatoms. The molecule has 0 saturated heterocycles. The zero-order valence-corrected chi connectivity index (χ0v) is 41.5. The molecule has 0 atom stereocenters. The van der Waals surface area contributed by atoms with E-state index in [1.54, 1.807) is 31.8 Å². The van der Waals surface area contributed by atoms with Gasteiger partial charge >= 0.3 is 66.7 Å². The molecule has 0 amide bonds. The summed E-state index contributed by atoms with van der Waals surface area (Å²) in [4.78, 5) is 38.4. The second-order valence-electron chi connectivity index (χ2n) is 11.0. The van der Waals surface area contributed by atoms with Crippen molar-refractivity contribution in [2.75, 3.05) is 46.4 Å². The molecule has 0 aromatic heterocycles. The number of carbonyl (C=O) groups excluding carboxylic acids is 2. The molecule has 4 rings (SSSR count). The molecule has 0 radical (unpaired) electrons. The van der Waals surface area contributed by atoms with Gasteiger partial charge in [0.2, 0.25) is 0 Å². The fourth-order valence-corrected chi connectivity index (χ4v) is 4.36. The predicted molar refractivity (Wildman–Crippen MR) is 234 cm³/mol. The number of halogens is 6. The average Bonchev–Trinajstić information content (AvgIpc) is 3.20. The summed E-state index contributed by atoms with van der Waals surface area (Å²) in [6, 6.07) is 10.7. The third-order valence-corrected chi connectivity index (χ3v) is 6.67. The smallest absolute Gasteiger partial charge is 0 e. The number of aryl methyl sites for hydroxylation is 3. The van der Waals surface area contributed by atoms with Gasteiger partial charge in [-0.05, 0) is 106 Å². The van der Waals surface area contributed by atoms with Crippen LogP contribution in [0.25, 0.3) is 0 Å². The van der Waals surface area contributed by atoms with Crippen LogP contribution in [0.1, 0.15) is 78.9 Å². The van der Waals surface area contributed by atoms with Gasteiger partial charge in [0, 0.05) is 136 Å². The van der Waals surface area contributed by atoms with Crippen LogP contribution in [0.5, 0.6) is 17.2 Å². The number of rotatable bonds is 4. The third-order valence-electron chi connectivity index (χ3n) is 6.67. The number of fused-ring (bicyclic) bond motifs is 4. The number of hydrogen-bond acceptors (Lipinski definition) is 12. The van der Waals surface area contributed by atoms with Gasteiger partial charge in [-0.25, -0.2) is 0 Å². The molecule has 1 aliphatic rings. The quantitative estimate of drug-likeness (QED) is 0.110. The van der Waals surface area contributed by atoms with Crippen LogP contribution in [0.3, 0.4) is 0 Å². The van der Waals surface area contributed by atoms with Crippen molar-refractivity contribution in [1.29, 1.82) is 0 Å². The van der Waals surface area contributed by atoms with Crippen LogP contribution in [0.4, 0.5) is 0 Å². The van der Waals surface area contributed by atoms with Crippen LogP contribution in [-0.4, -0.2) is 104 Å². The Morgan fingerprint density at radius 2 is 0.797 bits per heavy atom. The summed E-state index contributed by atoms with van der Waals surface area (Å²) in [5, 5.41) is 37.3. The SMILES string of the molecule is CO.Cc1cc(C=O)c(O)c(C=O)c1.Cc1cc2c(O)c(c1)C=NCCCN=Cc1cc(C)cc(c1O)C=NCCCN=C2.ClCl.NCCCN.[Cl][Fe][Cl].[Cl][Fe][Cl].[Fe].[Fe]. The normalized spacial score (nSPS) is 11.3. The molecule has 12 nitrogen and oxygen atoms in total. The van der Waals surface area contributed by atoms with E-state index in [4.69, 9.17) is 57.0 Å². The molecule has 0 unspecified atom stereocenters. The fourth-order valence-electron chi connectivity index (χ4n) is 4.36. The van der Waals surface area contributed by atoms with E-state index >= 15 is 0 Å². The number of aliphatic imine (C=N–C) groups is 4. The number of phenolic OH excluding ortho intramolecular Hbond substituents is 3. The molecule has 3 aromatic carbocycles. The molecular formula is C37H50Cl6Fe4N6O6. The zero-order chi connectivity index (χ0) is 44.0. The summed E-state index contributed by atoms with van der Waals surface area (Å²) >= 11 is 0.389. The van der Waals surface area contributed by atoms with E-state index in [9.17, 15) is 24.9 Å². The Labute approximate surface area is 407 Å². The van der Waals surface area contributed by atoms with E-state index in [1.165, 1.54) is 12.1 Å². The molecular weight excluding hydrogens is 1060 g/mol. The number of nitrogens with zero attached hydrogens (tertiary/aromatic N) is 4. The number of aliphatic hydroxyl groups excluding tert-OH is 1. The minimum absolute atomic E-state index is 0. The second-order valence-corrected chi connectivity index (χ2v) is 14.6. The topological polar surface area (TPSA) is 217 Å². The molecule has 4 bridgehead atoms. The van der Waals surface area contributed by atoms with Crippen molar-refractivity contribution >= 4 is 99.5 Å². The summed E-state index contributed by atoms with van der Waals surface area (Å²) in [7, 11) is 28.3. The van der Waals surface area contributed by atoms with Gasteiger partial charge in [-0.15, -0.1) is 0 Å². The predicted octanol–water partition coefficient (Wildman–Crippen LogP) is 8.24. The first-order valence-corrected chi connectivity index (χ1v) is 23.8. The Hall–Kier alpha value is -1.22. The van der Waals surface area contributed by atoms with Crippen molar-refractivity contribution in [3.05, 3.63) is 86.5 Å². The van der Waals surface area contributed by atoms with Crippen LogP contribution < -0.4 is 11.5 Å². The minimum Gasteiger partial charge on any atom is 0 e. The van der Waals surface area contributed by atoms with Gasteiger partial charge in [0.15, 0.2) is 12.6 Å². The molecule has 1 heterocycles. The molecule has 3 aromatic rings. The van der Waals surface area contributed by atoms with Gasteiger partial charge < -0.3 is 31.9 Å². The van der Waals surface area contributed by atoms with E-state index in [-0.39, 0.29) is 88.8 Å². The first kappa shape index (κ1) is 66.9. The third kappa shape index (κ3) is 32.2. The molecule has 0 spiro atoms. The van der Waals surface area contributed by atoms with Gasteiger partial charge in [0.25, 0.3) is 0 Å². The number of benzene rings is 3. The average molecular weight is 1110 g/mol. The van der Waals surface area contributed by atoms with Crippen molar-refractivity contribution in [2.45, 2.75) is 40.0 Å². The Morgan fingerprint density at radius 1 is 0.559 bits per heavy atom. The zero-order valence-electron chi connectivity index (χ0n) is 32.5. The van der Waals surface area contributed by atoms with E-state index in [0.29, 0.717) is 61.0 Å². The van der Waals surface area contributed by atoms with Crippen molar-refractivity contribution in [3.8, 4) is 17.2 Å². The van der Waals surface area contributed by atoms with Gasteiger partial charge in [-0.2, -0.15) is 0 Å². The van der Waals surface area contributed by atoms with Crippen molar-refractivity contribution in [1.82, 2.24) is 0 Å².